The van der Waals surface area contributed by atoms with Gasteiger partial charge in [0.1, 0.15) is 5.82 Å². The first-order chi connectivity index (χ1) is 8.07. The average Bonchev–Trinajstić information content (AvgIpc) is 2.28. The Balaban J connectivity index is 2.47. The van der Waals surface area contributed by atoms with Crippen molar-refractivity contribution < 1.29 is 14.0 Å². The van der Waals surface area contributed by atoms with Gasteiger partial charge in [-0.3, -0.25) is 14.9 Å². The van der Waals surface area contributed by atoms with Crippen LogP contribution < -0.4 is 5.32 Å². The number of hydrogen-bond acceptors (Lipinski definition) is 2. The third-order valence-corrected chi connectivity index (χ3v) is 3.40. The highest BCUT2D eigenvalue weighted by Gasteiger charge is 2.41. The Hall–Kier alpha value is -1.71. The molecule has 17 heavy (non-hydrogen) atoms. The molecule has 90 valence electrons. The predicted molar refractivity (Wildman–Crippen MR) is 60.8 cm³/mol. The first-order valence-corrected chi connectivity index (χ1v) is 5.65. The lowest BCUT2D eigenvalue weighted by atomic mass is 9.70. The number of hydrogen-bond donors (Lipinski definition) is 1. The van der Waals surface area contributed by atoms with Crippen molar-refractivity contribution in [1.29, 1.82) is 0 Å². The molecule has 1 N–H and O–H groups in total. The highest BCUT2D eigenvalue weighted by Crippen LogP contribution is 2.38. The molecule has 1 aliphatic heterocycles. The molecule has 4 heteroatoms. The fourth-order valence-corrected chi connectivity index (χ4v) is 2.44. The summed E-state index contributed by atoms with van der Waals surface area (Å²) in [5.41, 5.74) is -0.226. The first kappa shape index (κ1) is 11.8. The second kappa shape index (κ2) is 4.28. The fourth-order valence-electron chi connectivity index (χ4n) is 2.44. The van der Waals surface area contributed by atoms with Gasteiger partial charge in [-0.1, -0.05) is 25.1 Å². The van der Waals surface area contributed by atoms with Crippen molar-refractivity contribution in [2.45, 2.75) is 31.6 Å². The smallest absolute Gasteiger partial charge is 0.227 e. The van der Waals surface area contributed by atoms with E-state index in [1.54, 1.807) is 18.2 Å². The van der Waals surface area contributed by atoms with Gasteiger partial charge in [0, 0.05) is 18.3 Å². The highest BCUT2D eigenvalue weighted by atomic mass is 19.1. The SMILES string of the molecule is CCC1(c2ccccc2F)CC(=O)NC(=O)C1. The maximum Gasteiger partial charge on any atom is 0.227 e. The molecule has 0 atom stereocenters. The van der Waals surface area contributed by atoms with E-state index in [-0.39, 0.29) is 30.5 Å². The molecule has 0 aliphatic carbocycles. The van der Waals surface area contributed by atoms with Gasteiger partial charge in [-0.05, 0) is 18.1 Å². The van der Waals surface area contributed by atoms with Gasteiger partial charge in [-0.25, -0.2) is 4.39 Å². The summed E-state index contributed by atoms with van der Waals surface area (Å²) in [5.74, 6) is -1.01. The Morgan fingerprint density at radius 3 is 2.35 bits per heavy atom. The Labute approximate surface area is 99.0 Å². The Kier molecular flexibility index (Phi) is 2.96. The summed E-state index contributed by atoms with van der Waals surface area (Å²) < 4.78 is 13.8. The van der Waals surface area contributed by atoms with Gasteiger partial charge in [0.05, 0.1) is 0 Å². The van der Waals surface area contributed by atoms with Crippen molar-refractivity contribution in [3.05, 3.63) is 35.6 Å². The van der Waals surface area contributed by atoms with Crippen LogP contribution in [-0.4, -0.2) is 11.8 Å². The first-order valence-electron chi connectivity index (χ1n) is 5.65. The molecule has 0 aromatic heterocycles. The van der Waals surface area contributed by atoms with Crippen LogP contribution in [0.2, 0.25) is 0 Å². The van der Waals surface area contributed by atoms with E-state index in [2.05, 4.69) is 5.32 Å². The molecule has 0 spiro atoms. The molecular weight excluding hydrogens is 221 g/mol. The molecule has 1 saturated heterocycles. The van der Waals surface area contributed by atoms with Crippen molar-refractivity contribution >= 4 is 11.8 Å². The molecule has 3 nitrogen and oxygen atoms in total. The molecular formula is C13H14FNO2. The summed E-state index contributed by atoms with van der Waals surface area (Å²) in [4.78, 5) is 23.0. The number of rotatable bonds is 2. The monoisotopic (exact) mass is 235 g/mol. The van der Waals surface area contributed by atoms with Crippen LogP contribution in [0.3, 0.4) is 0 Å². The third-order valence-electron chi connectivity index (χ3n) is 3.40. The fraction of sp³-hybridized carbons (Fsp3) is 0.385. The van der Waals surface area contributed by atoms with Crippen LogP contribution in [0.15, 0.2) is 24.3 Å². The summed E-state index contributed by atoms with van der Waals surface area (Å²) >= 11 is 0. The molecule has 0 bridgehead atoms. The van der Waals surface area contributed by atoms with E-state index in [1.807, 2.05) is 6.92 Å². The molecule has 1 heterocycles. The normalized spacial score (nSPS) is 18.9. The second-order valence-corrected chi connectivity index (χ2v) is 4.44. The van der Waals surface area contributed by atoms with E-state index in [4.69, 9.17) is 0 Å². The van der Waals surface area contributed by atoms with Crippen LogP contribution in [0.25, 0.3) is 0 Å². The van der Waals surface area contributed by atoms with E-state index < -0.39 is 5.41 Å². The van der Waals surface area contributed by atoms with Gasteiger partial charge < -0.3 is 0 Å². The number of benzene rings is 1. The minimum Gasteiger partial charge on any atom is -0.296 e. The van der Waals surface area contributed by atoms with Crippen molar-refractivity contribution in [3.8, 4) is 0 Å². The van der Waals surface area contributed by atoms with E-state index in [1.165, 1.54) is 6.07 Å². The summed E-state index contributed by atoms with van der Waals surface area (Å²) in [5, 5.41) is 2.26. The molecule has 1 aromatic rings. The topological polar surface area (TPSA) is 46.2 Å². The molecule has 1 aromatic carbocycles. The second-order valence-electron chi connectivity index (χ2n) is 4.44. The summed E-state index contributed by atoms with van der Waals surface area (Å²) in [6, 6.07) is 6.36. The largest absolute Gasteiger partial charge is 0.296 e. The van der Waals surface area contributed by atoms with Crippen LogP contribution in [0.1, 0.15) is 31.7 Å². The minimum atomic E-state index is -0.690. The molecule has 0 unspecified atom stereocenters. The lowest BCUT2D eigenvalue weighted by molar-refractivity contribution is -0.135. The van der Waals surface area contributed by atoms with Crippen molar-refractivity contribution in [1.82, 2.24) is 5.32 Å². The van der Waals surface area contributed by atoms with E-state index >= 15 is 0 Å². The molecule has 2 rings (SSSR count). The van der Waals surface area contributed by atoms with Crippen LogP contribution in [-0.2, 0) is 15.0 Å². The van der Waals surface area contributed by atoms with Gasteiger partial charge in [-0.2, -0.15) is 0 Å². The van der Waals surface area contributed by atoms with Crippen molar-refractivity contribution in [2.24, 2.45) is 0 Å². The Morgan fingerprint density at radius 1 is 1.24 bits per heavy atom. The number of carbonyl (C=O) groups excluding carboxylic acids is 2. The van der Waals surface area contributed by atoms with Crippen molar-refractivity contribution in [2.75, 3.05) is 0 Å². The van der Waals surface area contributed by atoms with Gasteiger partial charge in [0.2, 0.25) is 11.8 Å². The number of halogens is 1. The van der Waals surface area contributed by atoms with E-state index in [0.717, 1.165) is 0 Å². The number of imide groups is 1. The van der Waals surface area contributed by atoms with Gasteiger partial charge >= 0.3 is 0 Å². The van der Waals surface area contributed by atoms with Crippen LogP contribution in [0.4, 0.5) is 4.39 Å². The lowest BCUT2D eigenvalue weighted by Gasteiger charge is -2.35. The van der Waals surface area contributed by atoms with Crippen LogP contribution in [0.5, 0.6) is 0 Å². The predicted octanol–water partition coefficient (Wildman–Crippen LogP) is 1.91. The number of nitrogens with one attached hydrogen (secondary N) is 1. The number of carbonyl (C=O) groups is 2. The molecule has 1 fully saturated rings. The maximum absolute atomic E-state index is 13.8. The highest BCUT2D eigenvalue weighted by molar-refractivity contribution is 5.99. The zero-order valence-electron chi connectivity index (χ0n) is 9.63. The molecule has 2 amide bonds. The third kappa shape index (κ3) is 2.07. The Morgan fingerprint density at radius 2 is 1.82 bits per heavy atom. The maximum atomic E-state index is 13.8. The van der Waals surface area contributed by atoms with E-state index in [0.29, 0.717) is 12.0 Å². The van der Waals surface area contributed by atoms with Gasteiger partial charge in [0.15, 0.2) is 0 Å². The van der Waals surface area contributed by atoms with Crippen LogP contribution in [0, 0.1) is 5.82 Å². The zero-order valence-corrected chi connectivity index (χ0v) is 9.63. The quantitative estimate of drug-likeness (QED) is 0.796. The Bertz CT molecular complexity index is 454. The molecule has 1 aliphatic rings. The molecule has 0 radical (unpaired) electrons. The number of piperidine rings is 1. The van der Waals surface area contributed by atoms with Gasteiger partial charge in [-0.15, -0.1) is 0 Å². The summed E-state index contributed by atoms with van der Waals surface area (Å²) in [6.07, 6.45) is 0.888. The zero-order chi connectivity index (χ0) is 12.5. The van der Waals surface area contributed by atoms with Crippen molar-refractivity contribution in [3.63, 3.8) is 0 Å². The molecule has 0 saturated carbocycles. The lowest BCUT2D eigenvalue weighted by Crippen LogP contribution is -2.47. The van der Waals surface area contributed by atoms with E-state index in [9.17, 15) is 14.0 Å². The van der Waals surface area contributed by atoms with Gasteiger partial charge in [0.25, 0.3) is 0 Å². The standard InChI is InChI=1S/C13H14FNO2/c1-2-13(7-11(16)15-12(17)8-13)9-5-3-4-6-10(9)14/h3-6H,2,7-8H2,1H3,(H,15,16,17). The summed E-state index contributed by atoms with van der Waals surface area (Å²) in [6.45, 7) is 1.87. The average molecular weight is 235 g/mol. The van der Waals surface area contributed by atoms with Crippen LogP contribution >= 0.6 is 0 Å². The summed E-state index contributed by atoms with van der Waals surface area (Å²) in [7, 11) is 0. The number of amides is 2. The minimum absolute atomic E-state index is 0.163.